The normalized spacial score (nSPS) is 13.1. The Labute approximate surface area is 240 Å². The van der Waals surface area contributed by atoms with Crippen LogP contribution < -0.4 is 4.74 Å². The second-order valence-corrected chi connectivity index (χ2v) is 11.0. The van der Waals surface area contributed by atoms with Crippen LogP contribution in [0.5, 0.6) is 5.75 Å². The number of carbonyl (C=O) groups is 2. The molecule has 0 spiro atoms. The van der Waals surface area contributed by atoms with E-state index < -0.39 is 0 Å². The number of carbonyl (C=O) groups excluding carboxylic acids is 2. The van der Waals surface area contributed by atoms with Gasteiger partial charge in [-0.1, -0.05) is 39.0 Å². The maximum atomic E-state index is 13.8. The topological polar surface area (TPSA) is 69.0 Å². The Kier molecular flexibility index (Phi) is 10.6. The van der Waals surface area contributed by atoms with Crippen molar-refractivity contribution in [2.24, 2.45) is 0 Å². The van der Waals surface area contributed by atoms with Crippen LogP contribution in [0.2, 0.25) is 0 Å². The van der Waals surface area contributed by atoms with Gasteiger partial charge < -0.3 is 13.9 Å². The number of para-hydroxylation sites is 1. The van der Waals surface area contributed by atoms with Gasteiger partial charge in [0, 0.05) is 17.4 Å². The molecule has 0 amide bonds. The van der Waals surface area contributed by atoms with E-state index in [0.29, 0.717) is 28.9 Å². The highest BCUT2D eigenvalue weighted by Crippen LogP contribution is 2.34. The summed E-state index contributed by atoms with van der Waals surface area (Å²) < 4.78 is 19.5. The zero-order chi connectivity index (χ0) is 26.4. The Morgan fingerprint density at radius 1 is 1.03 bits per heavy atom. The quantitative estimate of drug-likeness (QED) is 0.0854. The molecule has 0 saturated heterocycles. The number of hydrogen-bond acceptors (Lipinski definition) is 6. The Balaban J connectivity index is 1.92. The number of fused-ring (bicyclic) bond motifs is 1. The van der Waals surface area contributed by atoms with E-state index in [1.807, 2.05) is 57.2 Å². The molecule has 2 aromatic carbocycles. The molecule has 194 valence electrons. The largest absolute Gasteiger partial charge is 0.473 e. The SMILES string of the molecule is CCC(C)OC(=O)CCc1oc2ccccc2c1C(=O)c1cc(I)c(OC(C)N(CC)CC)c(I)c1. The van der Waals surface area contributed by atoms with Gasteiger partial charge in [-0.2, -0.15) is 0 Å². The van der Waals surface area contributed by atoms with Crippen molar-refractivity contribution < 1.29 is 23.5 Å². The molecule has 0 N–H and O–H groups in total. The molecule has 0 aliphatic rings. The van der Waals surface area contributed by atoms with E-state index in [4.69, 9.17) is 13.9 Å². The molecule has 0 fully saturated rings. The summed E-state index contributed by atoms with van der Waals surface area (Å²) in [5, 5.41) is 0.744. The van der Waals surface area contributed by atoms with E-state index in [1.54, 1.807) is 0 Å². The summed E-state index contributed by atoms with van der Waals surface area (Å²) in [7, 11) is 0. The van der Waals surface area contributed by atoms with Crippen LogP contribution in [0.3, 0.4) is 0 Å². The van der Waals surface area contributed by atoms with Crippen LogP contribution in [-0.2, 0) is 16.0 Å². The van der Waals surface area contributed by atoms with Crippen molar-refractivity contribution >= 4 is 67.9 Å². The number of furan rings is 1. The van der Waals surface area contributed by atoms with Crippen LogP contribution >= 0.6 is 45.2 Å². The van der Waals surface area contributed by atoms with Crippen molar-refractivity contribution in [2.75, 3.05) is 13.1 Å². The summed E-state index contributed by atoms with van der Waals surface area (Å²) in [5.41, 5.74) is 1.68. The van der Waals surface area contributed by atoms with Crippen LogP contribution in [0.1, 0.15) is 69.1 Å². The molecule has 3 aromatic rings. The fourth-order valence-electron chi connectivity index (χ4n) is 4.03. The van der Waals surface area contributed by atoms with Crippen LogP contribution in [0.4, 0.5) is 0 Å². The first kappa shape index (κ1) is 28.9. The second kappa shape index (κ2) is 13.2. The monoisotopic (exact) mass is 717 g/mol. The molecule has 2 atom stereocenters. The van der Waals surface area contributed by atoms with Gasteiger partial charge in [0.15, 0.2) is 5.78 Å². The average Bonchev–Trinajstić information content (AvgIpc) is 3.23. The molecule has 2 unspecified atom stereocenters. The lowest BCUT2D eigenvalue weighted by Gasteiger charge is -2.27. The average molecular weight is 717 g/mol. The first-order valence-electron chi connectivity index (χ1n) is 12.3. The number of esters is 1. The molecule has 0 bridgehead atoms. The number of hydrogen-bond donors (Lipinski definition) is 0. The summed E-state index contributed by atoms with van der Waals surface area (Å²) >= 11 is 4.45. The number of rotatable bonds is 12. The van der Waals surface area contributed by atoms with Gasteiger partial charge in [0.1, 0.15) is 23.3 Å². The van der Waals surface area contributed by atoms with E-state index in [1.165, 1.54) is 0 Å². The number of ether oxygens (including phenoxy) is 2. The van der Waals surface area contributed by atoms with Crippen LogP contribution in [0, 0.1) is 7.14 Å². The third kappa shape index (κ3) is 6.80. The minimum atomic E-state index is -0.295. The van der Waals surface area contributed by atoms with Gasteiger partial charge >= 0.3 is 5.97 Å². The number of ketones is 1. The predicted molar refractivity (Wildman–Crippen MR) is 159 cm³/mol. The first-order valence-corrected chi connectivity index (χ1v) is 14.5. The molecular formula is C28H33I2NO5. The van der Waals surface area contributed by atoms with Crippen molar-refractivity contribution in [2.45, 2.75) is 66.2 Å². The highest BCUT2D eigenvalue weighted by atomic mass is 127. The molecule has 0 radical (unpaired) electrons. The van der Waals surface area contributed by atoms with Gasteiger partial charge in [-0.15, -0.1) is 0 Å². The van der Waals surface area contributed by atoms with Gasteiger partial charge in [-0.3, -0.25) is 14.5 Å². The lowest BCUT2D eigenvalue weighted by atomic mass is 9.98. The summed E-state index contributed by atoms with van der Waals surface area (Å²) in [6.45, 7) is 11.9. The lowest BCUT2D eigenvalue weighted by Crippen LogP contribution is -2.37. The van der Waals surface area contributed by atoms with Gasteiger partial charge in [0.05, 0.1) is 25.2 Å². The summed E-state index contributed by atoms with van der Waals surface area (Å²) in [5.74, 6) is 0.848. The summed E-state index contributed by atoms with van der Waals surface area (Å²) in [6.07, 6.45) is 0.981. The molecule has 3 rings (SSSR count). The summed E-state index contributed by atoms with van der Waals surface area (Å²) in [4.78, 5) is 28.3. The van der Waals surface area contributed by atoms with Crippen molar-refractivity contribution in [3.05, 3.63) is 60.4 Å². The van der Waals surface area contributed by atoms with Crippen LogP contribution in [-0.4, -0.2) is 42.1 Å². The number of halogens is 2. The molecule has 8 heteroatoms. The molecule has 1 aromatic heterocycles. The standard InChI is InChI=1S/C28H33I2NO5/c1-6-17(4)34-25(32)14-13-24-26(20-11-9-10-12-23(20)36-24)27(33)19-15-21(29)28(22(30)16-19)35-18(5)31(7-2)8-3/h9-12,15-18H,6-8,13-14H2,1-5H3. The number of nitrogens with zero attached hydrogens (tertiary/aromatic N) is 1. The van der Waals surface area contributed by atoms with Gasteiger partial charge in [0.2, 0.25) is 0 Å². The highest BCUT2D eigenvalue weighted by molar-refractivity contribution is 14.1. The van der Waals surface area contributed by atoms with Gasteiger partial charge in [-0.25, -0.2) is 0 Å². The van der Waals surface area contributed by atoms with Gasteiger partial charge in [-0.05, 0) is 96.7 Å². The van der Waals surface area contributed by atoms with E-state index in [-0.39, 0.29) is 30.5 Å². The minimum Gasteiger partial charge on any atom is -0.473 e. The molecule has 6 nitrogen and oxygen atoms in total. The van der Waals surface area contributed by atoms with E-state index >= 15 is 0 Å². The molecule has 1 heterocycles. The third-order valence-corrected chi connectivity index (χ3v) is 7.84. The smallest absolute Gasteiger partial charge is 0.306 e. The molecule has 0 aliphatic carbocycles. The molecule has 36 heavy (non-hydrogen) atoms. The van der Waals surface area contributed by atoms with E-state index in [9.17, 15) is 9.59 Å². The first-order chi connectivity index (χ1) is 17.2. The predicted octanol–water partition coefficient (Wildman–Crippen LogP) is 7.21. The van der Waals surface area contributed by atoms with Crippen molar-refractivity contribution in [3.8, 4) is 5.75 Å². The lowest BCUT2D eigenvalue weighted by molar-refractivity contribution is -0.148. The zero-order valence-electron chi connectivity index (χ0n) is 21.4. The highest BCUT2D eigenvalue weighted by Gasteiger charge is 2.25. The maximum Gasteiger partial charge on any atom is 0.306 e. The molecular weight excluding hydrogens is 684 g/mol. The van der Waals surface area contributed by atoms with Crippen LogP contribution in [0.15, 0.2) is 40.8 Å². The van der Waals surface area contributed by atoms with Crippen molar-refractivity contribution in [1.29, 1.82) is 0 Å². The van der Waals surface area contributed by atoms with Crippen molar-refractivity contribution in [1.82, 2.24) is 4.90 Å². The molecule has 0 saturated carbocycles. The second-order valence-electron chi connectivity index (χ2n) is 8.64. The van der Waals surface area contributed by atoms with Crippen molar-refractivity contribution in [3.63, 3.8) is 0 Å². The van der Waals surface area contributed by atoms with Gasteiger partial charge in [0.25, 0.3) is 0 Å². The Morgan fingerprint density at radius 3 is 2.28 bits per heavy atom. The third-order valence-electron chi connectivity index (χ3n) is 6.23. The Hall–Kier alpha value is -1.66. The minimum absolute atomic E-state index is 0.0804. The fraction of sp³-hybridized carbons (Fsp3) is 0.429. The fourth-order valence-corrected chi connectivity index (χ4v) is 6.06. The summed E-state index contributed by atoms with van der Waals surface area (Å²) in [6, 6.07) is 11.2. The van der Waals surface area contributed by atoms with E-state index in [2.05, 4.69) is 63.9 Å². The number of aryl methyl sites for hydroxylation is 1. The van der Waals surface area contributed by atoms with E-state index in [0.717, 1.165) is 37.8 Å². The van der Waals surface area contributed by atoms with Crippen LogP contribution in [0.25, 0.3) is 11.0 Å². The zero-order valence-corrected chi connectivity index (χ0v) is 25.7. The molecule has 0 aliphatic heterocycles. The number of benzene rings is 2. The maximum absolute atomic E-state index is 13.8. The Morgan fingerprint density at radius 2 is 1.67 bits per heavy atom. The Bertz CT molecular complexity index is 1190.